The van der Waals surface area contributed by atoms with E-state index < -0.39 is 0 Å². The van der Waals surface area contributed by atoms with Crippen LogP contribution in [0.25, 0.3) is 0 Å². The zero-order valence-electron chi connectivity index (χ0n) is 6.35. The van der Waals surface area contributed by atoms with Crippen LogP contribution in [0.3, 0.4) is 0 Å². The summed E-state index contributed by atoms with van der Waals surface area (Å²) in [6.45, 7) is 0. The Bertz CT molecular complexity index is 323. The summed E-state index contributed by atoms with van der Waals surface area (Å²) >= 11 is 9.17. The Balaban J connectivity index is 2.48. The summed E-state index contributed by atoms with van der Waals surface area (Å²) in [5.41, 5.74) is 6.95. The quantitative estimate of drug-likeness (QED) is 0.774. The van der Waals surface area contributed by atoms with Crippen molar-refractivity contribution in [1.82, 2.24) is 4.98 Å². The highest BCUT2D eigenvalue weighted by molar-refractivity contribution is 9.10. The Labute approximate surface area is 84.3 Å². The number of nitrogens with two attached hydrogens (primary N) is 1. The normalized spacial score (nSPS) is 19.2. The molecule has 0 atom stereocenters. The molecular weight excluding hydrogens is 239 g/mol. The molecule has 64 valence electrons. The first-order chi connectivity index (χ1) is 5.62. The fraction of sp³-hybridized carbons (Fsp3) is 0.375. The zero-order valence-corrected chi connectivity index (χ0v) is 8.69. The van der Waals surface area contributed by atoms with Crippen molar-refractivity contribution in [3.63, 3.8) is 0 Å². The summed E-state index contributed by atoms with van der Waals surface area (Å²) in [6.07, 6.45) is 3.77. The third-order valence-electron chi connectivity index (χ3n) is 2.15. The van der Waals surface area contributed by atoms with Crippen LogP contribution in [-0.4, -0.2) is 4.98 Å². The van der Waals surface area contributed by atoms with E-state index in [1.165, 1.54) is 0 Å². The molecule has 1 aliphatic carbocycles. The van der Waals surface area contributed by atoms with Gasteiger partial charge in [-0.3, -0.25) is 0 Å². The van der Waals surface area contributed by atoms with Gasteiger partial charge in [0, 0.05) is 16.2 Å². The molecule has 12 heavy (non-hydrogen) atoms. The smallest absolute Gasteiger partial charge is 0.129 e. The van der Waals surface area contributed by atoms with E-state index in [-0.39, 0.29) is 5.54 Å². The first-order valence-electron chi connectivity index (χ1n) is 3.72. The molecule has 4 heteroatoms. The van der Waals surface area contributed by atoms with Crippen LogP contribution in [0.5, 0.6) is 0 Å². The van der Waals surface area contributed by atoms with Crippen LogP contribution in [0.15, 0.2) is 16.7 Å². The van der Waals surface area contributed by atoms with Crippen LogP contribution >= 0.6 is 27.5 Å². The van der Waals surface area contributed by atoms with Crippen molar-refractivity contribution in [3.8, 4) is 0 Å². The molecule has 1 fully saturated rings. The number of aromatic nitrogens is 1. The Morgan fingerprint density at radius 2 is 2.25 bits per heavy atom. The first kappa shape index (κ1) is 8.48. The molecule has 0 unspecified atom stereocenters. The molecule has 2 nitrogen and oxygen atoms in total. The molecule has 0 aromatic carbocycles. The van der Waals surface area contributed by atoms with Crippen LogP contribution in [0.1, 0.15) is 18.4 Å². The molecule has 0 radical (unpaired) electrons. The van der Waals surface area contributed by atoms with Gasteiger partial charge in [-0.15, -0.1) is 0 Å². The van der Waals surface area contributed by atoms with Crippen LogP contribution in [-0.2, 0) is 5.54 Å². The number of pyridine rings is 1. The minimum Gasteiger partial charge on any atom is -0.321 e. The van der Waals surface area contributed by atoms with E-state index in [4.69, 9.17) is 17.3 Å². The highest BCUT2D eigenvalue weighted by Crippen LogP contribution is 2.45. The van der Waals surface area contributed by atoms with Gasteiger partial charge < -0.3 is 5.73 Å². The topological polar surface area (TPSA) is 38.9 Å². The van der Waals surface area contributed by atoms with Gasteiger partial charge in [0.25, 0.3) is 0 Å². The van der Waals surface area contributed by atoms with Gasteiger partial charge in [-0.1, -0.05) is 11.6 Å². The molecule has 1 saturated carbocycles. The molecule has 0 amide bonds. The second kappa shape index (κ2) is 2.69. The molecule has 0 spiro atoms. The molecule has 0 bridgehead atoms. The van der Waals surface area contributed by atoms with Crippen molar-refractivity contribution in [2.45, 2.75) is 18.4 Å². The SMILES string of the molecule is NC1(c2cc(Cl)ncc2Br)CC1. The predicted molar refractivity (Wildman–Crippen MR) is 52.0 cm³/mol. The van der Waals surface area contributed by atoms with E-state index in [1.807, 2.05) is 6.07 Å². The number of nitrogens with zero attached hydrogens (tertiary/aromatic N) is 1. The van der Waals surface area contributed by atoms with Crippen molar-refractivity contribution >= 4 is 27.5 Å². The monoisotopic (exact) mass is 246 g/mol. The molecule has 1 heterocycles. The summed E-state index contributed by atoms with van der Waals surface area (Å²) in [5.74, 6) is 0. The Hall–Kier alpha value is -0.120. The van der Waals surface area contributed by atoms with Gasteiger partial charge in [0.05, 0.1) is 0 Å². The number of hydrogen-bond donors (Lipinski definition) is 1. The highest BCUT2D eigenvalue weighted by Gasteiger charge is 2.41. The van der Waals surface area contributed by atoms with E-state index in [9.17, 15) is 0 Å². The maximum atomic E-state index is 6.02. The minimum absolute atomic E-state index is 0.147. The maximum Gasteiger partial charge on any atom is 0.129 e. The standard InChI is InChI=1S/C8H8BrClN2/c9-6-4-12-7(10)3-5(6)8(11)1-2-8/h3-4H,1-2,11H2. The van der Waals surface area contributed by atoms with Gasteiger partial charge in [-0.2, -0.15) is 0 Å². The lowest BCUT2D eigenvalue weighted by Crippen LogP contribution is -2.19. The second-order valence-electron chi connectivity index (χ2n) is 3.14. The van der Waals surface area contributed by atoms with E-state index in [0.29, 0.717) is 5.15 Å². The average molecular weight is 248 g/mol. The Morgan fingerprint density at radius 1 is 1.58 bits per heavy atom. The molecule has 2 rings (SSSR count). The molecule has 2 N–H and O–H groups in total. The second-order valence-corrected chi connectivity index (χ2v) is 4.38. The van der Waals surface area contributed by atoms with E-state index in [2.05, 4.69) is 20.9 Å². The van der Waals surface area contributed by atoms with Gasteiger partial charge in [-0.05, 0) is 40.4 Å². The van der Waals surface area contributed by atoms with Gasteiger partial charge in [0.2, 0.25) is 0 Å². The van der Waals surface area contributed by atoms with Crippen LogP contribution in [0.2, 0.25) is 5.15 Å². The van der Waals surface area contributed by atoms with Gasteiger partial charge >= 0.3 is 0 Å². The van der Waals surface area contributed by atoms with Crippen LogP contribution in [0, 0.1) is 0 Å². The Kier molecular flexibility index (Phi) is 1.90. The maximum absolute atomic E-state index is 6.02. The predicted octanol–water partition coefficient (Wildman–Crippen LogP) is 2.45. The van der Waals surface area contributed by atoms with E-state index >= 15 is 0 Å². The lowest BCUT2D eigenvalue weighted by molar-refractivity contribution is 0.733. The first-order valence-corrected chi connectivity index (χ1v) is 4.89. The lowest BCUT2D eigenvalue weighted by atomic mass is 10.1. The van der Waals surface area contributed by atoms with Crippen LogP contribution in [0.4, 0.5) is 0 Å². The van der Waals surface area contributed by atoms with E-state index in [0.717, 1.165) is 22.9 Å². The Morgan fingerprint density at radius 3 is 2.83 bits per heavy atom. The number of hydrogen-bond acceptors (Lipinski definition) is 2. The van der Waals surface area contributed by atoms with Crippen LogP contribution < -0.4 is 5.73 Å². The van der Waals surface area contributed by atoms with Crippen molar-refractivity contribution in [2.75, 3.05) is 0 Å². The summed E-state index contributed by atoms with van der Waals surface area (Å²) in [6, 6.07) is 1.83. The highest BCUT2D eigenvalue weighted by atomic mass is 79.9. The molecule has 0 saturated heterocycles. The lowest BCUT2D eigenvalue weighted by Gasteiger charge is -2.10. The summed E-state index contributed by atoms with van der Waals surface area (Å²) in [5, 5.41) is 0.505. The van der Waals surface area contributed by atoms with Crippen molar-refractivity contribution in [1.29, 1.82) is 0 Å². The molecule has 1 aliphatic rings. The van der Waals surface area contributed by atoms with Gasteiger partial charge in [0.1, 0.15) is 5.15 Å². The molecule has 1 aromatic rings. The van der Waals surface area contributed by atoms with Gasteiger partial charge in [-0.25, -0.2) is 4.98 Å². The van der Waals surface area contributed by atoms with E-state index in [1.54, 1.807) is 6.20 Å². The van der Waals surface area contributed by atoms with Crippen molar-refractivity contribution in [2.24, 2.45) is 5.73 Å². The summed E-state index contributed by atoms with van der Waals surface area (Å²) in [7, 11) is 0. The van der Waals surface area contributed by atoms with Crippen molar-refractivity contribution in [3.05, 3.63) is 27.5 Å². The molecule has 0 aliphatic heterocycles. The zero-order chi connectivity index (χ0) is 8.77. The summed E-state index contributed by atoms with van der Waals surface area (Å²) in [4.78, 5) is 3.94. The molecular formula is C8H8BrClN2. The summed E-state index contributed by atoms with van der Waals surface area (Å²) < 4.78 is 0.951. The number of rotatable bonds is 1. The third-order valence-corrected chi connectivity index (χ3v) is 2.99. The molecule has 1 aromatic heterocycles. The third kappa shape index (κ3) is 1.37. The van der Waals surface area contributed by atoms with Crippen molar-refractivity contribution < 1.29 is 0 Å². The average Bonchev–Trinajstić information content (AvgIpc) is 2.75. The fourth-order valence-electron chi connectivity index (χ4n) is 1.20. The largest absolute Gasteiger partial charge is 0.321 e. The number of halogens is 2. The minimum atomic E-state index is -0.147. The van der Waals surface area contributed by atoms with Gasteiger partial charge in [0.15, 0.2) is 0 Å². The fourth-order valence-corrected chi connectivity index (χ4v) is 1.97.